The minimum Gasteiger partial charge on any atom is -0.464 e. The van der Waals surface area contributed by atoms with Crippen molar-refractivity contribution in [3.8, 4) is 0 Å². The Labute approximate surface area is 83.7 Å². The first kappa shape index (κ1) is 10.8. The minimum atomic E-state index is -0.462. The molecule has 1 aromatic heterocycles. The Morgan fingerprint density at radius 2 is 2.29 bits per heavy atom. The van der Waals surface area contributed by atoms with Crippen molar-refractivity contribution in [2.45, 2.75) is 26.4 Å². The molecule has 0 fully saturated rings. The summed E-state index contributed by atoms with van der Waals surface area (Å²) in [5.41, 5.74) is 5.47. The smallest absolute Gasteiger partial charge is 0.239 e. The molecule has 78 valence electrons. The van der Waals surface area contributed by atoms with Crippen LogP contribution in [-0.4, -0.2) is 23.9 Å². The number of carbonyl (C=O) groups excluding carboxylic acids is 1. The van der Waals surface area contributed by atoms with Crippen LogP contribution in [-0.2, 0) is 11.3 Å². The van der Waals surface area contributed by atoms with Gasteiger partial charge >= 0.3 is 0 Å². The van der Waals surface area contributed by atoms with E-state index in [0.29, 0.717) is 6.54 Å². The third-order valence-electron chi connectivity index (χ3n) is 1.95. The first-order chi connectivity index (χ1) is 6.50. The van der Waals surface area contributed by atoms with E-state index in [1.165, 1.54) is 0 Å². The van der Waals surface area contributed by atoms with E-state index >= 15 is 0 Å². The number of furan rings is 1. The zero-order valence-corrected chi connectivity index (χ0v) is 8.78. The highest BCUT2D eigenvalue weighted by atomic mass is 16.3. The fraction of sp³-hybridized carbons (Fsp3) is 0.500. The number of hydrogen-bond donors (Lipinski definition) is 1. The summed E-state index contributed by atoms with van der Waals surface area (Å²) in [6.07, 6.45) is 0. The number of likely N-dealkylation sites (N-methyl/N-ethyl adjacent to an activating group) is 1. The highest BCUT2D eigenvalue weighted by Crippen LogP contribution is 2.08. The Morgan fingerprint density at radius 1 is 1.64 bits per heavy atom. The summed E-state index contributed by atoms with van der Waals surface area (Å²) >= 11 is 0. The number of amides is 1. The molecule has 0 radical (unpaired) electrons. The van der Waals surface area contributed by atoms with E-state index in [1.807, 2.05) is 19.1 Å². The molecule has 1 rings (SSSR count). The molecule has 0 aliphatic rings. The number of rotatable bonds is 3. The molecule has 4 nitrogen and oxygen atoms in total. The van der Waals surface area contributed by atoms with E-state index in [1.54, 1.807) is 18.9 Å². The third-order valence-corrected chi connectivity index (χ3v) is 1.95. The number of nitrogens with zero attached hydrogens (tertiary/aromatic N) is 1. The molecular formula is C10H16N2O2. The molecule has 1 heterocycles. The topological polar surface area (TPSA) is 59.5 Å². The lowest BCUT2D eigenvalue weighted by molar-refractivity contribution is -0.131. The van der Waals surface area contributed by atoms with Gasteiger partial charge in [0.25, 0.3) is 0 Å². The van der Waals surface area contributed by atoms with Crippen LogP contribution in [0, 0.1) is 6.92 Å². The van der Waals surface area contributed by atoms with Crippen molar-refractivity contribution in [2.24, 2.45) is 5.73 Å². The van der Waals surface area contributed by atoms with E-state index in [-0.39, 0.29) is 5.91 Å². The number of aryl methyl sites for hydroxylation is 1. The largest absolute Gasteiger partial charge is 0.464 e. The van der Waals surface area contributed by atoms with Crippen molar-refractivity contribution in [2.75, 3.05) is 7.05 Å². The lowest BCUT2D eigenvalue weighted by atomic mass is 10.3. The molecule has 0 aliphatic carbocycles. The zero-order chi connectivity index (χ0) is 10.7. The van der Waals surface area contributed by atoms with Crippen LogP contribution in [0.3, 0.4) is 0 Å². The van der Waals surface area contributed by atoms with Gasteiger partial charge in [-0.15, -0.1) is 0 Å². The average Bonchev–Trinajstić information content (AvgIpc) is 2.49. The van der Waals surface area contributed by atoms with Crippen LogP contribution in [0.2, 0.25) is 0 Å². The maximum Gasteiger partial charge on any atom is 0.239 e. The molecule has 0 bridgehead atoms. The van der Waals surface area contributed by atoms with Crippen molar-refractivity contribution in [1.29, 1.82) is 0 Å². The van der Waals surface area contributed by atoms with E-state index in [2.05, 4.69) is 0 Å². The van der Waals surface area contributed by atoms with E-state index in [9.17, 15) is 4.79 Å². The van der Waals surface area contributed by atoms with Gasteiger partial charge in [-0.25, -0.2) is 0 Å². The first-order valence-electron chi connectivity index (χ1n) is 4.56. The van der Waals surface area contributed by atoms with E-state index in [4.69, 9.17) is 10.2 Å². The Morgan fingerprint density at radius 3 is 2.71 bits per heavy atom. The maximum atomic E-state index is 11.4. The molecule has 1 unspecified atom stereocenters. The van der Waals surface area contributed by atoms with Gasteiger partial charge in [-0.05, 0) is 26.0 Å². The van der Waals surface area contributed by atoms with Crippen molar-refractivity contribution in [3.05, 3.63) is 23.7 Å². The molecular weight excluding hydrogens is 180 g/mol. The van der Waals surface area contributed by atoms with Crippen molar-refractivity contribution >= 4 is 5.91 Å². The van der Waals surface area contributed by atoms with Gasteiger partial charge in [0.05, 0.1) is 12.6 Å². The summed E-state index contributed by atoms with van der Waals surface area (Å²) in [5, 5.41) is 0. The molecule has 0 aliphatic heterocycles. The Hall–Kier alpha value is -1.29. The van der Waals surface area contributed by atoms with E-state index < -0.39 is 6.04 Å². The second kappa shape index (κ2) is 4.28. The predicted molar refractivity (Wildman–Crippen MR) is 53.6 cm³/mol. The average molecular weight is 196 g/mol. The summed E-state index contributed by atoms with van der Waals surface area (Å²) in [6, 6.07) is 3.27. The van der Waals surface area contributed by atoms with Gasteiger partial charge in [-0.3, -0.25) is 4.79 Å². The Kier molecular flexibility index (Phi) is 3.30. The van der Waals surface area contributed by atoms with Gasteiger partial charge < -0.3 is 15.1 Å². The predicted octanol–water partition coefficient (Wildman–Crippen LogP) is 0.894. The standard InChI is InChI=1S/C10H16N2O2/c1-7-4-5-9(14-7)6-12(3)10(13)8(2)11/h4-5,8H,6,11H2,1-3H3. The number of carbonyl (C=O) groups is 1. The van der Waals surface area contributed by atoms with Crippen LogP contribution < -0.4 is 5.73 Å². The van der Waals surface area contributed by atoms with E-state index in [0.717, 1.165) is 11.5 Å². The van der Waals surface area contributed by atoms with Gasteiger partial charge in [0.1, 0.15) is 11.5 Å². The molecule has 0 saturated carbocycles. The molecule has 1 amide bonds. The highest BCUT2D eigenvalue weighted by molar-refractivity contribution is 5.80. The van der Waals surface area contributed by atoms with Crippen LogP contribution in [0.15, 0.2) is 16.5 Å². The Bertz CT molecular complexity index is 318. The minimum absolute atomic E-state index is 0.0842. The second-order valence-electron chi connectivity index (χ2n) is 3.50. The third kappa shape index (κ3) is 2.60. The number of hydrogen-bond acceptors (Lipinski definition) is 3. The zero-order valence-electron chi connectivity index (χ0n) is 8.78. The molecule has 4 heteroatoms. The second-order valence-corrected chi connectivity index (χ2v) is 3.50. The van der Waals surface area contributed by atoms with Crippen molar-refractivity contribution in [1.82, 2.24) is 4.90 Å². The van der Waals surface area contributed by atoms with Gasteiger partial charge in [0.2, 0.25) is 5.91 Å². The molecule has 1 aromatic rings. The quantitative estimate of drug-likeness (QED) is 0.781. The monoisotopic (exact) mass is 196 g/mol. The first-order valence-corrected chi connectivity index (χ1v) is 4.56. The van der Waals surface area contributed by atoms with Gasteiger partial charge in [-0.1, -0.05) is 0 Å². The van der Waals surface area contributed by atoms with Crippen molar-refractivity contribution < 1.29 is 9.21 Å². The van der Waals surface area contributed by atoms with Gasteiger partial charge in [-0.2, -0.15) is 0 Å². The van der Waals surface area contributed by atoms with Crippen LogP contribution in [0.5, 0.6) is 0 Å². The maximum absolute atomic E-state index is 11.4. The molecule has 1 atom stereocenters. The molecule has 0 aromatic carbocycles. The van der Waals surface area contributed by atoms with Crippen molar-refractivity contribution in [3.63, 3.8) is 0 Å². The molecule has 14 heavy (non-hydrogen) atoms. The lowest BCUT2D eigenvalue weighted by Gasteiger charge is -2.17. The SMILES string of the molecule is Cc1ccc(CN(C)C(=O)C(C)N)o1. The Balaban J connectivity index is 2.57. The lowest BCUT2D eigenvalue weighted by Crippen LogP contribution is -2.39. The van der Waals surface area contributed by atoms with Crippen LogP contribution in [0.4, 0.5) is 0 Å². The summed E-state index contributed by atoms with van der Waals surface area (Å²) in [4.78, 5) is 13.0. The summed E-state index contributed by atoms with van der Waals surface area (Å²) < 4.78 is 5.35. The normalized spacial score (nSPS) is 12.6. The molecule has 0 spiro atoms. The summed E-state index contributed by atoms with van der Waals surface area (Å²) in [6.45, 7) is 4.01. The fourth-order valence-corrected chi connectivity index (χ4v) is 1.23. The summed E-state index contributed by atoms with van der Waals surface area (Å²) in [7, 11) is 1.71. The van der Waals surface area contributed by atoms with Gasteiger partial charge in [0.15, 0.2) is 0 Å². The van der Waals surface area contributed by atoms with Crippen LogP contribution in [0.25, 0.3) is 0 Å². The van der Waals surface area contributed by atoms with Gasteiger partial charge in [0, 0.05) is 7.05 Å². The highest BCUT2D eigenvalue weighted by Gasteiger charge is 2.14. The number of nitrogens with two attached hydrogens (primary N) is 1. The molecule has 0 saturated heterocycles. The fourth-order valence-electron chi connectivity index (χ4n) is 1.23. The van der Waals surface area contributed by atoms with Crippen LogP contribution >= 0.6 is 0 Å². The molecule has 2 N–H and O–H groups in total. The summed E-state index contributed by atoms with van der Waals surface area (Å²) in [5.74, 6) is 1.54. The van der Waals surface area contributed by atoms with Crippen LogP contribution in [0.1, 0.15) is 18.4 Å².